The van der Waals surface area contributed by atoms with E-state index in [1.165, 1.54) is 51.4 Å². The molecule has 40 heavy (non-hydrogen) atoms. The second-order valence-corrected chi connectivity index (χ2v) is 11.2. The molecule has 1 aromatic carbocycles. The molecule has 0 spiro atoms. The maximum Gasteiger partial charge on any atom is 1.00 e. The van der Waals surface area contributed by atoms with Crippen molar-refractivity contribution in [3.05, 3.63) is 29.8 Å². The molecule has 5 atom stereocenters. The normalized spacial score (nSPS) is 23.7. The Kier molecular flexibility index (Phi) is 15.5. The Morgan fingerprint density at radius 2 is 1.52 bits per heavy atom. The van der Waals surface area contributed by atoms with Crippen LogP contribution in [0.2, 0.25) is 0 Å². The van der Waals surface area contributed by atoms with E-state index in [-0.39, 0.29) is 54.2 Å². The maximum absolute atomic E-state index is 12.6. The second-order valence-electron chi connectivity index (χ2n) is 11.2. The second kappa shape index (κ2) is 17.7. The van der Waals surface area contributed by atoms with E-state index in [4.69, 9.17) is 18.9 Å². The van der Waals surface area contributed by atoms with Crippen LogP contribution in [0.3, 0.4) is 0 Å². The Bertz CT molecular complexity index is 899. The molecule has 2 heterocycles. The van der Waals surface area contributed by atoms with E-state index in [1.807, 2.05) is 20.8 Å². The summed E-state index contributed by atoms with van der Waals surface area (Å²) in [5.74, 6) is -1.91. The van der Waals surface area contributed by atoms with Crippen LogP contribution < -0.4 is 45.3 Å². The third kappa shape index (κ3) is 11.6. The molecule has 10 heteroatoms. The molecule has 0 bridgehead atoms. The number of carboxylic acids is 1. The molecular weight excluding hydrogens is 523 g/mol. The molecule has 0 unspecified atom stereocenters. The van der Waals surface area contributed by atoms with Crippen molar-refractivity contribution in [2.45, 2.75) is 135 Å². The molecule has 0 aromatic heterocycles. The molecule has 0 aliphatic carbocycles. The molecule has 2 fully saturated rings. The van der Waals surface area contributed by atoms with Crippen molar-refractivity contribution >= 4 is 17.7 Å². The zero-order valence-corrected chi connectivity index (χ0v) is 27.0. The largest absolute Gasteiger partial charge is 1.00 e. The number of benzene rings is 1. The van der Waals surface area contributed by atoms with E-state index < -0.39 is 30.2 Å². The van der Waals surface area contributed by atoms with Gasteiger partial charge in [-0.2, -0.15) is 0 Å². The average Bonchev–Trinajstić information content (AvgIpc) is 3.36. The van der Waals surface area contributed by atoms with E-state index in [1.54, 1.807) is 24.3 Å². The molecule has 3 rings (SSSR count). The number of rotatable bonds is 17. The number of fused-ring (bicyclic) bond motifs is 1. The van der Waals surface area contributed by atoms with Gasteiger partial charge in [-0.15, -0.1) is 0 Å². The van der Waals surface area contributed by atoms with Crippen LogP contribution in [0, 0.1) is 0 Å². The van der Waals surface area contributed by atoms with Crippen LogP contribution >= 0.6 is 0 Å². The fourth-order valence-corrected chi connectivity index (χ4v) is 5.25. The van der Waals surface area contributed by atoms with E-state index in [0.29, 0.717) is 17.9 Å². The SMILES string of the molecule is CCCCCCCCCCCCO[C@H]1O[C@H]([C@H](C)NC(=O)Nc2ccc(CC(=O)[O-])cc2)[C@@H]2OC(C)(C)O[C@H]12.[Na+]. The van der Waals surface area contributed by atoms with Gasteiger partial charge in [-0.3, -0.25) is 0 Å². The minimum atomic E-state index is -1.15. The third-order valence-electron chi connectivity index (χ3n) is 7.24. The quantitative estimate of drug-likeness (QED) is 0.216. The van der Waals surface area contributed by atoms with Crippen LogP contribution in [-0.2, 0) is 30.2 Å². The van der Waals surface area contributed by atoms with Crippen LogP contribution in [0.25, 0.3) is 0 Å². The first-order valence-electron chi connectivity index (χ1n) is 14.7. The summed E-state index contributed by atoms with van der Waals surface area (Å²) in [6.45, 7) is 8.45. The topological polar surface area (TPSA) is 118 Å². The standard InChI is InChI=1S/C30H48N2O7.Na/c1-5-6-7-8-9-10-11-12-13-14-19-36-28-27-26(38-30(3,4)39-27)25(37-28)21(2)31-29(35)32-23-17-15-22(16-18-23)20-24(33)34;/h15-18,21,25-28H,5-14,19-20H2,1-4H3,(H,33,34)(H2,31,32,35);/q;+1/p-1/t21-,25+,26-,27-,28-;/m0./s1. The van der Waals surface area contributed by atoms with E-state index in [0.717, 1.165) is 12.8 Å². The minimum Gasteiger partial charge on any atom is -0.550 e. The summed E-state index contributed by atoms with van der Waals surface area (Å²) in [6.07, 6.45) is 10.7. The molecule has 2 aliphatic heterocycles. The van der Waals surface area contributed by atoms with Gasteiger partial charge in [0.1, 0.15) is 18.3 Å². The van der Waals surface area contributed by atoms with Crippen molar-refractivity contribution in [2.24, 2.45) is 0 Å². The van der Waals surface area contributed by atoms with E-state index in [2.05, 4.69) is 17.6 Å². The summed E-state index contributed by atoms with van der Waals surface area (Å²) in [7, 11) is 0. The number of carboxylic acid groups (broad SMARTS) is 1. The van der Waals surface area contributed by atoms with Crippen molar-refractivity contribution in [1.29, 1.82) is 0 Å². The molecule has 220 valence electrons. The van der Waals surface area contributed by atoms with Gasteiger partial charge in [0.2, 0.25) is 0 Å². The molecule has 2 N–H and O–H groups in total. The average molecular weight is 571 g/mol. The third-order valence-corrected chi connectivity index (χ3v) is 7.24. The monoisotopic (exact) mass is 570 g/mol. The number of nitrogens with one attached hydrogen (secondary N) is 2. The number of carbonyl (C=O) groups is 2. The Morgan fingerprint density at radius 3 is 2.12 bits per heavy atom. The van der Waals surface area contributed by atoms with Crippen molar-refractivity contribution in [2.75, 3.05) is 11.9 Å². The summed E-state index contributed by atoms with van der Waals surface area (Å²) >= 11 is 0. The minimum absolute atomic E-state index is 0. The number of hydrogen-bond acceptors (Lipinski definition) is 7. The number of ether oxygens (including phenoxy) is 4. The molecule has 2 amide bonds. The number of anilines is 1. The van der Waals surface area contributed by atoms with Gasteiger partial charge in [0.05, 0.1) is 6.04 Å². The van der Waals surface area contributed by atoms with Gasteiger partial charge in [-0.1, -0.05) is 76.8 Å². The summed E-state index contributed by atoms with van der Waals surface area (Å²) in [4.78, 5) is 23.4. The molecule has 2 saturated heterocycles. The van der Waals surface area contributed by atoms with Gasteiger partial charge >= 0.3 is 35.6 Å². The van der Waals surface area contributed by atoms with Crippen molar-refractivity contribution in [3.63, 3.8) is 0 Å². The molecular formula is C30H47N2NaO7. The number of carbonyl (C=O) groups excluding carboxylic acids is 2. The number of amides is 2. The van der Waals surface area contributed by atoms with Crippen LogP contribution in [0.15, 0.2) is 24.3 Å². The number of unbranched alkanes of at least 4 members (excludes halogenated alkanes) is 9. The van der Waals surface area contributed by atoms with Gasteiger partial charge in [-0.05, 0) is 44.9 Å². The van der Waals surface area contributed by atoms with Crippen molar-refractivity contribution in [1.82, 2.24) is 5.32 Å². The zero-order chi connectivity index (χ0) is 28.3. The zero-order valence-electron chi connectivity index (χ0n) is 25.0. The Hall–Kier alpha value is -1.20. The molecule has 2 aliphatic rings. The summed E-state index contributed by atoms with van der Waals surface area (Å²) in [5.41, 5.74) is 1.15. The van der Waals surface area contributed by atoms with E-state index in [9.17, 15) is 14.7 Å². The van der Waals surface area contributed by atoms with Crippen LogP contribution in [0.4, 0.5) is 10.5 Å². The van der Waals surface area contributed by atoms with Gasteiger partial charge < -0.3 is 39.5 Å². The first-order valence-corrected chi connectivity index (χ1v) is 14.7. The van der Waals surface area contributed by atoms with Crippen LogP contribution in [0.1, 0.15) is 97.5 Å². The molecule has 0 saturated carbocycles. The predicted molar refractivity (Wildman–Crippen MR) is 147 cm³/mol. The molecule has 0 radical (unpaired) electrons. The predicted octanol–water partition coefficient (Wildman–Crippen LogP) is 1.68. The maximum atomic E-state index is 12.6. The number of urea groups is 1. The summed E-state index contributed by atoms with van der Waals surface area (Å²) < 4.78 is 24.5. The Labute approximate surface area is 261 Å². The van der Waals surface area contributed by atoms with Crippen molar-refractivity contribution in [3.8, 4) is 0 Å². The Balaban J connectivity index is 0.00000560. The van der Waals surface area contributed by atoms with Crippen LogP contribution in [-0.4, -0.2) is 55.0 Å². The van der Waals surface area contributed by atoms with Crippen LogP contribution in [0.5, 0.6) is 0 Å². The van der Waals surface area contributed by atoms with Gasteiger partial charge in [-0.25, -0.2) is 4.79 Å². The smallest absolute Gasteiger partial charge is 0.550 e. The Morgan fingerprint density at radius 1 is 0.950 bits per heavy atom. The fourth-order valence-electron chi connectivity index (χ4n) is 5.25. The number of hydrogen-bond donors (Lipinski definition) is 2. The van der Waals surface area contributed by atoms with Gasteiger partial charge in [0, 0.05) is 24.7 Å². The summed E-state index contributed by atoms with van der Waals surface area (Å²) in [5, 5.41) is 16.4. The first-order chi connectivity index (χ1) is 18.7. The van der Waals surface area contributed by atoms with Gasteiger partial charge in [0.15, 0.2) is 12.1 Å². The number of aliphatic carboxylic acids is 1. The first kappa shape index (κ1) is 35.0. The fraction of sp³-hybridized carbons (Fsp3) is 0.733. The van der Waals surface area contributed by atoms with E-state index >= 15 is 0 Å². The molecule has 1 aromatic rings. The van der Waals surface area contributed by atoms with Gasteiger partial charge in [0.25, 0.3) is 0 Å². The van der Waals surface area contributed by atoms with Crippen molar-refractivity contribution < 1.29 is 63.2 Å². The molecule has 9 nitrogen and oxygen atoms in total. The summed E-state index contributed by atoms with van der Waals surface area (Å²) in [6, 6.07) is 5.81.